The van der Waals surface area contributed by atoms with Gasteiger partial charge in [-0.25, -0.2) is 0 Å². The van der Waals surface area contributed by atoms with Crippen LogP contribution in [0.4, 0.5) is 0 Å². The first kappa shape index (κ1) is 22.5. The molecule has 2 aromatic rings. The second-order valence-electron chi connectivity index (χ2n) is 6.25. The fourth-order valence-electron chi connectivity index (χ4n) is 2.67. The van der Waals surface area contributed by atoms with Gasteiger partial charge in [0, 0.05) is 6.54 Å². The monoisotopic (exact) mass is 524 g/mol. The number of carbonyl (C=O) groups excluding carboxylic acids is 2. The zero-order valence-electron chi connectivity index (χ0n) is 15.5. The molecule has 0 aromatic heterocycles. The minimum atomic E-state index is -0.540. The van der Waals surface area contributed by atoms with Crippen molar-refractivity contribution in [1.82, 2.24) is 10.2 Å². The van der Waals surface area contributed by atoms with Gasteiger partial charge in [0.25, 0.3) is 11.8 Å². The van der Waals surface area contributed by atoms with E-state index in [4.69, 9.17) is 40.2 Å². The smallest absolute Gasteiger partial charge is 0.265 e. The molecule has 1 aliphatic heterocycles. The van der Waals surface area contributed by atoms with Gasteiger partial charge in [-0.15, -0.1) is 6.58 Å². The van der Waals surface area contributed by atoms with Crippen LogP contribution in [-0.2, 0) is 16.2 Å². The molecule has 9 heteroatoms. The Balaban J connectivity index is 1.77. The van der Waals surface area contributed by atoms with E-state index in [1.54, 1.807) is 30.3 Å². The van der Waals surface area contributed by atoms with Gasteiger partial charge in [-0.3, -0.25) is 19.8 Å². The summed E-state index contributed by atoms with van der Waals surface area (Å²) >= 11 is 20.4. The van der Waals surface area contributed by atoms with E-state index in [0.717, 1.165) is 5.56 Å². The fourth-order valence-corrected chi connectivity index (χ4v) is 3.75. The number of nitrogens with one attached hydrogen (secondary N) is 1. The van der Waals surface area contributed by atoms with Crippen molar-refractivity contribution in [2.24, 2.45) is 0 Å². The van der Waals surface area contributed by atoms with Crippen molar-refractivity contribution in [2.45, 2.75) is 6.61 Å². The van der Waals surface area contributed by atoms with Crippen LogP contribution in [0.2, 0.25) is 10.0 Å². The summed E-state index contributed by atoms with van der Waals surface area (Å²) in [5.74, 6) is -0.418. The second-order valence-corrected chi connectivity index (χ2v) is 8.30. The summed E-state index contributed by atoms with van der Waals surface area (Å²) in [6.45, 7) is 4.11. The number of hydrogen-bond donors (Lipinski definition) is 1. The SMILES string of the molecule is C=CCN1C(=O)/C(=C/c2ccc(OCc3ccc(Cl)c(Cl)c3)c(Br)c2)C(=O)NC1=S. The predicted molar refractivity (Wildman–Crippen MR) is 126 cm³/mol. The molecule has 1 N–H and O–H groups in total. The van der Waals surface area contributed by atoms with Crippen LogP contribution >= 0.6 is 51.3 Å². The molecule has 2 amide bonds. The van der Waals surface area contributed by atoms with Crippen molar-refractivity contribution in [3.8, 4) is 5.75 Å². The first-order valence-corrected chi connectivity index (χ1v) is 10.6. The first-order valence-electron chi connectivity index (χ1n) is 8.66. The molecular weight excluding hydrogens is 511 g/mol. The van der Waals surface area contributed by atoms with E-state index >= 15 is 0 Å². The van der Waals surface area contributed by atoms with Gasteiger partial charge in [0.1, 0.15) is 17.9 Å². The highest BCUT2D eigenvalue weighted by Gasteiger charge is 2.32. The van der Waals surface area contributed by atoms with E-state index in [9.17, 15) is 9.59 Å². The maximum atomic E-state index is 12.6. The number of benzene rings is 2. The van der Waals surface area contributed by atoms with Crippen LogP contribution < -0.4 is 10.1 Å². The van der Waals surface area contributed by atoms with Crippen molar-refractivity contribution < 1.29 is 14.3 Å². The van der Waals surface area contributed by atoms with Gasteiger partial charge in [0.05, 0.1) is 14.5 Å². The molecule has 30 heavy (non-hydrogen) atoms. The molecule has 1 aliphatic rings. The van der Waals surface area contributed by atoms with E-state index in [1.807, 2.05) is 6.07 Å². The summed E-state index contributed by atoms with van der Waals surface area (Å²) in [4.78, 5) is 26.1. The van der Waals surface area contributed by atoms with Crippen LogP contribution in [-0.4, -0.2) is 28.4 Å². The average Bonchev–Trinajstić information content (AvgIpc) is 2.70. The predicted octanol–water partition coefficient (Wildman–Crippen LogP) is 5.15. The summed E-state index contributed by atoms with van der Waals surface area (Å²) in [6.07, 6.45) is 3.04. The van der Waals surface area contributed by atoms with Gasteiger partial charge in [-0.2, -0.15) is 0 Å². The molecule has 1 saturated heterocycles. The number of nitrogens with zero attached hydrogens (tertiary/aromatic N) is 1. The molecule has 2 aromatic carbocycles. The zero-order valence-corrected chi connectivity index (χ0v) is 19.4. The van der Waals surface area contributed by atoms with E-state index in [2.05, 4.69) is 27.8 Å². The van der Waals surface area contributed by atoms with Crippen molar-refractivity contribution in [3.05, 3.63) is 80.3 Å². The topological polar surface area (TPSA) is 58.6 Å². The Morgan fingerprint density at radius 2 is 1.93 bits per heavy atom. The maximum Gasteiger partial charge on any atom is 0.265 e. The highest BCUT2D eigenvalue weighted by molar-refractivity contribution is 9.10. The number of amides is 2. The molecule has 0 aliphatic carbocycles. The first-order chi connectivity index (χ1) is 14.3. The number of rotatable bonds is 6. The summed E-state index contributed by atoms with van der Waals surface area (Å²) in [7, 11) is 0. The summed E-state index contributed by atoms with van der Waals surface area (Å²) in [6, 6.07) is 10.5. The van der Waals surface area contributed by atoms with Crippen LogP contribution in [0.25, 0.3) is 6.08 Å². The molecule has 5 nitrogen and oxygen atoms in total. The molecule has 0 bridgehead atoms. The molecule has 1 heterocycles. The lowest BCUT2D eigenvalue weighted by Crippen LogP contribution is -2.53. The Bertz CT molecular complexity index is 1090. The molecule has 1 fully saturated rings. The van der Waals surface area contributed by atoms with Gasteiger partial charge in [0.2, 0.25) is 0 Å². The number of ether oxygens (including phenoxy) is 1. The third-order valence-corrected chi connectivity index (χ3v) is 5.82. The molecule has 0 atom stereocenters. The standard InChI is InChI=1S/C21H15BrCl2N2O3S/c1-2-7-26-20(28)14(19(27)25-21(26)30)8-12-4-6-18(15(22)9-12)29-11-13-3-5-16(23)17(24)10-13/h2-6,8-10H,1,7,11H2,(H,25,27,30)/b14-8+. The summed E-state index contributed by atoms with van der Waals surface area (Å²) < 4.78 is 6.48. The minimum Gasteiger partial charge on any atom is -0.488 e. The highest BCUT2D eigenvalue weighted by atomic mass is 79.9. The molecular formula is C21H15BrCl2N2O3S. The summed E-state index contributed by atoms with van der Waals surface area (Å²) in [5, 5.41) is 3.51. The van der Waals surface area contributed by atoms with Crippen LogP contribution in [0.1, 0.15) is 11.1 Å². The van der Waals surface area contributed by atoms with Gasteiger partial charge in [-0.05, 0) is 69.6 Å². The minimum absolute atomic E-state index is 0.0122. The van der Waals surface area contributed by atoms with Crippen molar-refractivity contribution in [2.75, 3.05) is 6.54 Å². The largest absolute Gasteiger partial charge is 0.488 e. The molecule has 154 valence electrons. The van der Waals surface area contributed by atoms with Crippen molar-refractivity contribution >= 4 is 74.4 Å². The Morgan fingerprint density at radius 3 is 2.60 bits per heavy atom. The third-order valence-electron chi connectivity index (χ3n) is 4.14. The Morgan fingerprint density at radius 1 is 1.17 bits per heavy atom. The lowest BCUT2D eigenvalue weighted by molar-refractivity contribution is -0.128. The van der Waals surface area contributed by atoms with Gasteiger partial charge in [-0.1, -0.05) is 41.4 Å². The molecule has 0 unspecified atom stereocenters. The Kier molecular flexibility index (Phi) is 7.31. The van der Waals surface area contributed by atoms with Crippen LogP contribution in [0.15, 0.2) is 59.1 Å². The normalized spacial score (nSPS) is 15.4. The number of hydrogen-bond acceptors (Lipinski definition) is 4. The third kappa shape index (κ3) is 5.10. The van der Waals surface area contributed by atoms with Crippen LogP contribution in [0, 0.1) is 0 Å². The number of thiocarbonyl (C=S) groups is 1. The Labute approximate surface area is 197 Å². The average molecular weight is 526 g/mol. The molecule has 3 rings (SSSR count). The van der Waals surface area contributed by atoms with E-state index in [0.29, 0.717) is 32.4 Å². The van der Waals surface area contributed by atoms with E-state index < -0.39 is 11.8 Å². The van der Waals surface area contributed by atoms with Gasteiger partial charge in [0.15, 0.2) is 5.11 Å². The summed E-state index contributed by atoms with van der Waals surface area (Å²) in [5.41, 5.74) is 1.50. The van der Waals surface area contributed by atoms with Crippen LogP contribution in [0.3, 0.4) is 0 Å². The van der Waals surface area contributed by atoms with E-state index in [-0.39, 0.29) is 17.2 Å². The molecule has 0 spiro atoms. The quantitative estimate of drug-likeness (QED) is 0.245. The maximum absolute atomic E-state index is 12.6. The second kappa shape index (κ2) is 9.75. The fraction of sp³-hybridized carbons (Fsp3) is 0.0952. The Hall–Kier alpha value is -2.19. The lowest BCUT2D eigenvalue weighted by Gasteiger charge is -2.27. The lowest BCUT2D eigenvalue weighted by atomic mass is 10.1. The molecule has 0 radical (unpaired) electrons. The zero-order chi connectivity index (χ0) is 21.8. The van der Waals surface area contributed by atoms with Crippen molar-refractivity contribution in [1.29, 1.82) is 0 Å². The van der Waals surface area contributed by atoms with Gasteiger partial charge < -0.3 is 4.74 Å². The van der Waals surface area contributed by atoms with E-state index in [1.165, 1.54) is 17.1 Å². The number of halogens is 3. The van der Waals surface area contributed by atoms with Crippen LogP contribution in [0.5, 0.6) is 5.75 Å². The number of carbonyl (C=O) groups is 2. The van der Waals surface area contributed by atoms with Crippen molar-refractivity contribution in [3.63, 3.8) is 0 Å². The highest BCUT2D eigenvalue weighted by Crippen LogP contribution is 2.29. The van der Waals surface area contributed by atoms with Gasteiger partial charge >= 0.3 is 0 Å². The molecule has 0 saturated carbocycles.